The Morgan fingerprint density at radius 3 is 1.00 bits per heavy atom. The molecule has 2 aliphatic heterocycles. The first-order chi connectivity index (χ1) is 34.9. The van der Waals surface area contributed by atoms with Crippen LogP contribution in [0.5, 0.6) is 0 Å². The highest BCUT2D eigenvalue weighted by Crippen LogP contribution is 2.23. The first-order valence-corrected chi connectivity index (χ1v) is 28.5. The van der Waals surface area contributed by atoms with Gasteiger partial charge >= 0.3 is 41.9 Å². The molecule has 0 aliphatic carbocycles. The van der Waals surface area contributed by atoms with Crippen LogP contribution in [0.15, 0.2) is 0 Å². The van der Waals surface area contributed by atoms with E-state index in [1.54, 1.807) is 0 Å². The highest BCUT2D eigenvalue weighted by atomic mass is 16.6. The summed E-state index contributed by atoms with van der Waals surface area (Å²) < 4.78 is 39.9. The molecule has 1 amide bonds. The largest absolute Gasteiger partial charge is 0.465 e. The van der Waals surface area contributed by atoms with Crippen molar-refractivity contribution in [3.05, 3.63) is 0 Å². The van der Waals surface area contributed by atoms with Gasteiger partial charge in [0.25, 0.3) is 0 Å². The van der Waals surface area contributed by atoms with Gasteiger partial charge in [0.15, 0.2) is 12.2 Å². The van der Waals surface area contributed by atoms with Gasteiger partial charge in [-0.1, -0.05) is 156 Å². The van der Waals surface area contributed by atoms with Crippen molar-refractivity contribution >= 4 is 41.9 Å². The molecule has 0 aromatic heterocycles. The zero-order chi connectivity index (χ0) is 52.6. The lowest BCUT2D eigenvalue weighted by atomic mass is 10.1. The van der Waals surface area contributed by atoms with Gasteiger partial charge in [0, 0.05) is 43.6 Å². The average Bonchev–Trinajstić information content (AvgIpc) is 3.75. The summed E-state index contributed by atoms with van der Waals surface area (Å²) >= 11 is 0. The number of hydrogen-bond acceptors (Lipinski definition) is 15. The zero-order valence-electron chi connectivity index (χ0n) is 45.6. The van der Waals surface area contributed by atoms with Crippen LogP contribution >= 0.6 is 0 Å². The SMILES string of the molecule is CCCCCCCCC(=O)OCC(COC(=O)CCCCCCCC)CC(=O)O[C@H]1CN(C(=O)OCC2CCN2C)C[C@@H]1OC(=O)CC(COC(=O)CCCCCCCC)COC(=O)CCCCCCCC. The van der Waals surface area contributed by atoms with E-state index < -0.39 is 66.0 Å². The molecule has 416 valence electrons. The maximum absolute atomic E-state index is 13.8. The van der Waals surface area contributed by atoms with Gasteiger partial charge in [-0.3, -0.25) is 33.7 Å². The summed E-state index contributed by atoms with van der Waals surface area (Å²) in [5, 5.41) is 0. The van der Waals surface area contributed by atoms with Gasteiger partial charge in [-0.25, -0.2) is 4.79 Å². The van der Waals surface area contributed by atoms with E-state index >= 15 is 0 Å². The van der Waals surface area contributed by atoms with E-state index in [9.17, 15) is 33.6 Å². The van der Waals surface area contributed by atoms with Crippen LogP contribution in [-0.2, 0) is 61.9 Å². The summed E-state index contributed by atoms with van der Waals surface area (Å²) in [6.45, 7) is 8.76. The molecule has 0 aromatic rings. The zero-order valence-corrected chi connectivity index (χ0v) is 45.6. The summed E-state index contributed by atoms with van der Waals surface area (Å²) in [5.41, 5.74) is 0. The molecular weight excluding hydrogens is 925 g/mol. The molecular formula is C56H98N2O14. The quantitative estimate of drug-likeness (QED) is 0.0318. The third-order valence-corrected chi connectivity index (χ3v) is 13.6. The molecule has 0 N–H and O–H groups in total. The molecule has 2 fully saturated rings. The Labute approximate surface area is 433 Å². The van der Waals surface area contributed by atoms with Gasteiger partial charge < -0.3 is 38.1 Å². The topological polar surface area (TPSA) is 191 Å². The molecule has 0 saturated carbocycles. The van der Waals surface area contributed by atoms with Gasteiger partial charge in [0.05, 0.1) is 52.4 Å². The van der Waals surface area contributed by atoms with Gasteiger partial charge in [0.1, 0.15) is 6.61 Å². The Hall–Kier alpha value is -3.95. The fourth-order valence-electron chi connectivity index (χ4n) is 8.73. The van der Waals surface area contributed by atoms with Crippen molar-refractivity contribution in [2.45, 2.75) is 245 Å². The van der Waals surface area contributed by atoms with Crippen molar-refractivity contribution < 1.29 is 66.7 Å². The average molecular weight is 1020 g/mol. The monoisotopic (exact) mass is 1020 g/mol. The molecule has 2 rings (SSSR count). The van der Waals surface area contributed by atoms with E-state index in [1.807, 2.05) is 7.05 Å². The first kappa shape index (κ1) is 64.2. The van der Waals surface area contributed by atoms with E-state index in [-0.39, 0.29) is 90.7 Å². The Bertz CT molecular complexity index is 1360. The van der Waals surface area contributed by atoms with Crippen LogP contribution in [-0.4, -0.2) is 130 Å². The van der Waals surface area contributed by atoms with Crippen LogP contribution in [0.2, 0.25) is 0 Å². The summed E-state index contributed by atoms with van der Waals surface area (Å²) in [7, 11) is 1.95. The normalized spacial score (nSPS) is 16.6. The minimum atomic E-state index is -1.09. The number of likely N-dealkylation sites (tertiary alicyclic amines) is 2. The van der Waals surface area contributed by atoms with Crippen LogP contribution < -0.4 is 0 Å². The minimum absolute atomic E-state index is 0.0900. The highest BCUT2D eigenvalue weighted by Gasteiger charge is 2.42. The number of likely N-dealkylation sites (N-methyl/N-ethyl adjacent to an activating group) is 1. The number of nitrogens with zero attached hydrogens (tertiary/aromatic N) is 2. The number of unbranched alkanes of at least 4 members (excludes halogenated alkanes) is 20. The van der Waals surface area contributed by atoms with Crippen LogP contribution in [0.4, 0.5) is 4.79 Å². The maximum atomic E-state index is 13.8. The fourth-order valence-corrected chi connectivity index (χ4v) is 8.73. The van der Waals surface area contributed by atoms with Crippen LogP contribution in [0.1, 0.15) is 227 Å². The summed E-state index contributed by atoms with van der Waals surface area (Å²) in [4.78, 5) is 95.4. The molecule has 0 bridgehead atoms. The van der Waals surface area contributed by atoms with Crippen LogP contribution in [0, 0.1) is 11.8 Å². The van der Waals surface area contributed by atoms with Crippen molar-refractivity contribution in [1.29, 1.82) is 0 Å². The lowest BCUT2D eigenvalue weighted by molar-refractivity contribution is -0.167. The van der Waals surface area contributed by atoms with Crippen molar-refractivity contribution in [1.82, 2.24) is 9.80 Å². The first-order valence-electron chi connectivity index (χ1n) is 28.5. The van der Waals surface area contributed by atoms with Crippen molar-refractivity contribution in [2.75, 3.05) is 59.7 Å². The highest BCUT2D eigenvalue weighted by molar-refractivity contribution is 5.74. The van der Waals surface area contributed by atoms with Gasteiger partial charge in [-0.05, 0) is 45.7 Å². The molecule has 3 atom stereocenters. The second kappa shape index (κ2) is 41.4. The molecule has 72 heavy (non-hydrogen) atoms. The number of amides is 1. The van der Waals surface area contributed by atoms with E-state index in [1.165, 1.54) is 4.90 Å². The molecule has 1 unspecified atom stereocenters. The smallest absolute Gasteiger partial charge is 0.410 e. The Morgan fingerprint density at radius 1 is 0.417 bits per heavy atom. The summed E-state index contributed by atoms with van der Waals surface area (Å²) in [6.07, 6.45) is 22.6. The van der Waals surface area contributed by atoms with Crippen molar-refractivity contribution in [3.63, 3.8) is 0 Å². The molecule has 2 saturated heterocycles. The van der Waals surface area contributed by atoms with E-state index in [2.05, 4.69) is 32.6 Å². The molecule has 2 aliphatic rings. The summed E-state index contributed by atoms with van der Waals surface area (Å²) in [6, 6.07) is 0.0900. The second-order valence-electron chi connectivity index (χ2n) is 20.4. The molecule has 2 heterocycles. The van der Waals surface area contributed by atoms with Crippen molar-refractivity contribution in [2.24, 2.45) is 11.8 Å². The number of carbonyl (C=O) groups excluding carboxylic acids is 7. The predicted molar refractivity (Wildman–Crippen MR) is 276 cm³/mol. The van der Waals surface area contributed by atoms with Crippen LogP contribution in [0.25, 0.3) is 0 Å². The van der Waals surface area contributed by atoms with Crippen LogP contribution in [0.3, 0.4) is 0 Å². The molecule has 0 spiro atoms. The van der Waals surface area contributed by atoms with Gasteiger partial charge in [-0.15, -0.1) is 0 Å². The number of esters is 6. The Balaban J connectivity index is 2.16. The number of hydrogen-bond donors (Lipinski definition) is 0. The lowest BCUT2D eigenvalue weighted by Gasteiger charge is -2.37. The van der Waals surface area contributed by atoms with E-state index in [4.69, 9.17) is 33.2 Å². The van der Waals surface area contributed by atoms with Gasteiger partial charge in [0.2, 0.25) is 0 Å². The number of ether oxygens (including phenoxy) is 7. The maximum Gasteiger partial charge on any atom is 0.410 e. The standard InChI is InChI=1S/C56H98N2O14/c1-6-10-14-18-22-26-30-50(59)66-40-45(41-67-51(60)31-27-23-19-15-11-7-2)36-54(63)71-48-38-58(56(65)70-44-47-34-35-57(47)5)39-49(48)72-55(64)37-46(42-68-52(61)32-28-24-20-16-12-8-3)43-69-53(62)33-29-25-21-17-13-9-4/h45-49H,6-44H2,1-5H3/t47?,48-,49-/m0/s1. The minimum Gasteiger partial charge on any atom is -0.465 e. The Kier molecular flexibility index (Phi) is 36.9. The second-order valence-corrected chi connectivity index (χ2v) is 20.4. The molecule has 16 nitrogen and oxygen atoms in total. The third kappa shape index (κ3) is 31.6. The Morgan fingerprint density at radius 2 is 0.722 bits per heavy atom. The molecule has 0 radical (unpaired) electrons. The number of rotatable bonds is 44. The molecule has 0 aromatic carbocycles. The predicted octanol–water partition coefficient (Wildman–Crippen LogP) is 11.2. The van der Waals surface area contributed by atoms with Gasteiger partial charge in [-0.2, -0.15) is 0 Å². The third-order valence-electron chi connectivity index (χ3n) is 13.6. The van der Waals surface area contributed by atoms with Crippen molar-refractivity contribution in [3.8, 4) is 0 Å². The molecule has 16 heteroatoms. The van der Waals surface area contributed by atoms with E-state index in [0.717, 1.165) is 141 Å². The lowest BCUT2D eigenvalue weighted by Crippen LogP contribution is -2.48. The summed E-state index contributed by atoms with van der Waals surface area (Å²) in [5.74, 6) is -4.45. The number of carbonyl (C=O) groups is 7. The fraction of sp³-hybridized carbons (Fsp3) is 0.875. The van der Waals surface area contributed by atoms with E-state index in [0.29, 0.717) is 25.7 Å².